The third-order valence-corrected chi connectivity index (χ3v) is 3.83. The van der Waals surface area contributed by atoms with E-state index in [-0.39, 0.29) is 35.1 Å². The van der Waals surface area contributed by atoms with Crippen LogP contribution in [-0.4, -0.2) is 54.2 Å². The summed E-state index contributed by atoms with van der Waals surface area (Å²) in [5.74, 6) is -1.53. The maximum atomic E-state index is 11.6. The van der Waals surface area contributed by atoms with Gasteiger partial charge in [0.25, 0.3) is 0 Å². The van der Waals surface area contributed by atoms with Gasteiger partial charge in [-0.15, -0.1) is 0 Å². The second kappa shape index (κ2) is 6.93. The van der Waals surface area contributed by atoms with Gasteiger partial charge in [0.05, 0.1) is 18.8 Å². The van der Waals surface area contributed by atoms with Gasteiger partial charge in [-0.3, -0.25) is 4.79 Å². The highest BCUT2D eigenvalue weighted by Gasteiger charge is 2.38. The van der Waals surface area contributed by atoms with Crippen molar-refractivity contribution >= 4 is 30.8 Å². The maximum Gasteiger partial charge on any atom is 0.547 e. The van der Waals surface area contributed by atoms with E-state index in [4.69, 9.17) is 9.39 Å². The first kappa shape index (κ1) is 16.5. The molecule has 118 valence electrons. The second-order valence-electron chi connectivity index (χ2n) is 4.76. The molecule has 1 aliphatic heterocycles. The Hall–Kier alpha value is -1.87. The number of nitrogens with one attached hydrogen (secondary N) is 1. The van der Waals surface area contributed by atoms with Crippen LogP contribution < -0.4 is 14.7 Å². The molecule has 0 spiro atoms. The lowest BCUT2D eigenvalue weighted by molar-refractivity contribution is -0.118. The lowest BCUT2D eigenvalue weighted by atomic mass is 9.72. The molecule has 2 rings (SSSR count). The van der Waals surface area contributed by atoms with E-state index in [1.54, 1.807) is 12.3 Å². The number of hydrogen-bond acceptors (Lipinski definition) is 6. The molecule has 0 saturated carbocycles. The Morgan fingerprint density at radius 1 is 1.55 bits per heavy atom. The number of amides is 1. The van der Waals surface area contributed by atoms with Gasteiger partial charge in [-0.25, -0.2) is 4.79 Å². The smallest absolute Gasteiger partial charge is 0.534 e. The predicted octanol–water partition coefficient (Wildman–Crippen LogP) is 0.196. The van der Waals surface area contributed by atoms with Crippen molar-refractivity contribution in [3.8, 4) is 11.5 Å². The number of methoxy groups -OCH3 is 1. The molecule has 1 atom stereocenters. The molecule has 3 N–H and O–H groups in total. The van der Waals surface area contributed by atoms with Gasteiger partial charge in [-0.05, 0) is 24.3 Å². The quantitative estimate of drug-likeness (QED) is 0.664. The Balaban J connectivity index is 2.29. The molecule has 0 aliphatic carbocycles. The minimum absolute atomic E-state index is 0.0784. The van der Waals surface area contributed by atoms with Crippen molar-refractivity contribution in [1.29, 1.82) is 0 Å². The van der Waals surface area contributed by atoms with Crippen LogP contribution in [0.2, 0.25) is 0 Å². The first-order valence-electron chi connectivity index (χ1n) is 6.54. The number of fused-ring (bicyclic) bond motifs is 1. The summed E-state index contributed by atoms with van der Waals surface area (Å²) in [6.07, 6.45) is 2.08. The van der Waals surface area contributed by atoms with E-state index >= 15 is 0 Å². The molecule has 1 amide bonds. The van der Waals surface area contributed by atoms with Crippen molar-refractivity contribution in [3.05, 3.63) is 23.3 Å². The summed E-state index contributed by atoms with van der Waals surface area (Å²) in [5, 5.41) is 22.0. The van der Waals surface area contributed by atoms with E-state index in [1.165, 1.54) is 24.9 Å². The van der Waals surface area contributed by atoms with Crippen LogP contribution in [0.1, 0.15) is 15.9 Å². The van der Waals surface area contributed by atoms with Crippen LogP contribution in [0.25, 0.3) is 0 Å². The van der Waals surface area contributed by atoms with Gasteiger partial charge in [0.1, 0.15) is 17.1 Å². The summed E-state index contributed by atoms with van der Waals surface area (Å²) < 4.78 is 10.3. The molecule has 22 heavy (non-hydrogen) atoms. The third-order valence-electron chi connectivity index (χ3n) is 3.28. The number of ether oxygens (including phenoxy) is 1. The normalized spacial score (nSPS) is 16.5. The zero-order chi connectivity index (χ0) is 16.3. The standard InChI is InChI=1S/C13H16BNO6S/c1-20-8-4-3-7-5-9(15-10(16)6-22-2)14(19)21-12(7)11(8)13(17)18/h3-4,9,19H,5-6H2,1-2H3,(H,15,16)(H,17,18)/t9-/m0/s1. The Kier molecular flexibility index (Phi) is 5.20. The van der Waals surface area contributed by atoms with E-state index in [1.807, 2.05) is 0 Å². The fraction of sp³-hybridized carbons (Fsp3) is 0.385. The highest BCUT2D eigenvalue weighted by atomic mass is 32.2. The Morgan fingerprint density at radius 2 is 2.27 bits per heavy atom. The van der Waals surface area contributed by atoms with Crippen LogP contribution in [0.15, 0.2) is 12.1 Å². The topological polar surface area (TPSA) is 105 Å². The van der Waals surface area contributed by atoms with Crippen molar-refractivity contribution in [2.24, 2.45) is 0 Å². The monoisotopic (exact) mass is 325 g/mol. The molecule has 7 nitrogen and oxygen atoms in total. The van der Waals surface area contributed by atoms with Crippen LogP contribution in [-0.2, 0) is 11.2 Å². The molecule has 1 aliphatic rings. The van der Waals surface area contributed by atoms with E-state index in [2.05, 4.69) is 5.32 Å². The Labute approximate surface area is 132 Å². The average molecular weight is 325 g/mol. The zero-order valence-electron chi connectivity index (χ0n) is 12.2. The van der Waals surface area contributed by atoms with Gasteiger partial charge in [-0.1, -0.05) is 6.07 Å². The summed E-state index contributed by atoms with van der Waals surface area (Å²) in [6.45, 7) is 0. The van der Waals surface area contributed by atoms with Gasteiger partial charge in [-0.2, -0.15) is 11.8 Å². The number of carbonyl (C=O) groups excluding carboxylic acids is 1. The molecule has 0 radical (unpaired) electrons. The summed E-state index contributed by atoms with van der Waals surface area (Å²) in [6, 6.07) is 3.20. The molecule has 1 heterocycles. The van der Waals surface area contributed by atoms with E-state index in [0.29, 0.717) is 5.56 Å². The molecule has 0 bridgehead atoms. The summed E-state index contributed by atoms with van der Waals surface area (Å²) in [4.78, 5) is 23.0. The van der Waals surface area contributed by atoms with Crippen LogP contribution in [0.3, 0.4) is 0 Å². The molecular formula is C13H16BNO6S. The molecule has 1 aromatic rings. The molecular weight excluding hydrogens is 309 g/mol. The minimum Gasteiger partial charge on any atom is -0.534 e. The zero-order valence-corrected chi connectivity index (χ0v) is 13.0. The van der Waals surface area contributed by atoms with Gasteiger partial charge in [0, 0.05) is 0 Å². The van der Waals surface area contributed by atoms with Crippen molar-refractivity contribution in [1.82, 2.24) is 5.32 Å². The number of thioether (sulfide) groups is 1. The second-order valence-corrected chi connectivity index (χ2v) is 5.62. The van der Waals surface area contributed by atoms with Crippen LogP contribution in [0.4, 0.5) is 0 Å². The number of carboxylic acid groups (broad SMARTS) is 1. The van der Waals surface area contributed by atoms with Gasteiger partial charge in [0.15, 0.2) is 0 Å². The number of aromatic carboxylic acids is 1. The van der Waals surface area contributed by atoms with Gasteiger partial charge < -0.3 is 24.8 Å². The van der Waals surface area contributed by atoms with E-state index in [0.717, 1.165) is 0 Å². The molecule has 0 saturated heterocycles. The predicted molar refractivity (Wildman–Crippen MR) is 82.6 cm³/mol. The van der Waals surface area contributed by atoms with Crippen molar-refractivity contribution in [3.63, 3.8) is 0 Å². The van der Waals surface area contributed by atoms with Crippen molar-refractivity contribution in [2.75, 3.05) is 19.1 Å². The first-order chi connectivity index (χ1) is 10.5. The fourth-order valence-electron chi connectivity index (χ4n) is 2.32. The minimum atomic E-state index is -1.32. The molecule has 1 aromatic carbocycles. The van der Waals surface area contributed by atoms with Gasteiger partial charge >= 0.3 is 13.1 Å². The highest BCUT2D eigenvalue weighted by Crippen LogP contribution is 2.36. The molecule has 0 unspecified atom stereocenters. The van der Waals surface area contributed by atoms with Gasteiger partial charge in [0.2, 0.25) is 5.91 Å². The van der Waals surface area contributed by atoms with E-state index < -0.39 is 19.0 Å². The maximum absolute atomic E-state index is 11.6. The summed E-state index contributed by atoms with van der Waals surface area (Å²) in [7, 11) is 0.0438. The number of benzene rings is 1. The SMILES string of the molecule is COc1ccc2c(c1C(=O)O)OB(O)[C@@H](NC(=O)CSC)C2. The van der Waals surface area contributed by atoms with Crippen molar-refractivity contribution in [2.45, 2.75) is 12.4 Å². The molecule has 9 heteroatoms. The lowest BCUT2D eigenvalue weighted by Crippen LogP contribution is -2.53. The largest absolute Gasteiger partial charge is 0.547 e. The van der Waals surface area contributed by atoms with E-state index in [9.17, 15) is 19.7 Å². The summed E-state index contributed by atoms with van der Waals surface area (Å²) in [5.41, 5.74) is 0.464. The number of rotatable bonds is 5. The Bertz CT molecular complexity index is 596. The molecule has 0 aromatic heterocycles. The Morgan fingerprint density at radius 3 is 2.86 bits per heavy atom. The van der Waals surface area contributed by atoms with Crippen molar-refractivity contribution < 1.29 is 29.1 Å². The summed E-state index contributed by atoms with van der Waals surface area (Å²) >= 11 is 1.37. The average Bonchev–Trinajstić information content (AvgIpc) is 2.46. The fourth-order valence-corrected chi connectivity index (χ4v) is 2.66. The lowest BCUT2D eigenvalue weighted by Gasteiger charge is -2.29. The number of carbonyl (C=O) groups is 2. The number of hydrogen-bond donors (Lipinski definition) is 3. The van der Waals surface area contributed by atoms with Crippen LogP contribution >= 0.6 is 11.8 Å². The highest BCUT2D eigenvalue weighted by molar-refractivity contribution is 7.99. The molecule has 0 fully saturated rings. The van der Waals surface area contributed by atoms with Crippen LogP contribution in [0.5, 0.6) is 11.5 Å². The number of carboxylic acids is 1. The van der Waals surface area contributed by atoms with Crippen LogP contribution in [0, 0.1) is 0 Å². The third kappa shape index (κ3) is 3.31. The first-order valence-corrected chi connectivity index (χ1v) is 7.93.